The number of benzene rings is 5. The highest BCUT2D eigenvalue weighted by molar-refractivity contribution is 6.08. The average molecular weight is 394 g/mol. The molecule has 5 aromatic rings. The van der Waals surface area contributed by atoms with E-state index in [1.54, 1.807) is 0 Å². The topological polar surface area (TPSA) is 0 Å². The summed E-state index contributed by atoms with van der Waals surface area (Å²) in [6.07, 6.45) is 4.67. The Morgan fingerprint density at radius 2 is 0.871 bits per heavy atom. The van der Waals surface area contributed by atoms with Gasteiger partial charge in [0.2, 0.25) is 0 Å². The zero-order valence-electron chi connectivity index (χ0n) is 17.1. The Bertz CT molecular complexity index is 1400. The number of hydrogen-bond acceptors (Lipinski definition) is 0. The largest absolute Gasteiger partial charge is 0.0622 e. The summed E-state index contributed by atoms with van der Waals surface area (Å²) < 4.78 is 0. The molecule has 0 heterocycles. The molecule has 145 valence electrons. The van der Waals surface area contributed by atoms with Gasteiger partial charge in [-0.15, -0.1) is 0 Å². The van der Waals surface area contributed by atoms with E-state index in [1.807, 2.05) is 0 Å². The molecule has 6 rings (SSSR count). The van der Waals surface area contributed by atoms with Crippen molar-refractivity contribution >= 4 is 22.4 Å². The van der Waals surface area contributed by atoms with Crippen LogP contribution >= 0.6 is 0 Å². The van der Waals surface area contributed by atoms with E-state index in [2.05, 4.69) is 128 Å². The zero-order valence-corrected chi connectivity index (χ0v) is 17.1. The normalized spacial score (nSPS) is 12.6. The summed E-state index contributed by atoms with van der Waals surface area (Å²) >= 11 is 0. The summed E-state index contributed by atoms with van der Waals surface area (Å²) in [6.45, 7) is 0. The molecular weight excluding hydrogens is 372 g/mol. The van der Waals surface area contributed by atoms with Gasteiger partial charge in [-0.1, -0.05) is 91.0 Å². The fraction of sp³-hybridized carbons (Fsp3) is 0. The van der Waals surface area contributed by atoms with Gasteiger partial charge in [-0.25, -0.2) is 0 Å². The highest BCUT2D eigenvalue weighted by Gasteiger charge is 2.18. The first-order valence-corrected chi connectivity index (χ1v) is 10.7. The molecule has 0 heteroatoms. The maximum absolute atomic E-state index is 2.33. The summed E-state index contributed by atoms with van der Waals surface area (Å²) in [5, 5.41) is 2.62. The lowest BCUT2D eigenvalue weighted by Gasteiger charge is -2.21. The van der Waals surface area contributed by atoms with Gasteiger partial charge >= 0.3 is 0 Å². The molecule has 0 aromatic heterocycles. The van der Waals surface area contributed by atoms with Gasteiger partial charge in [0, 0.05) is 6.42 Å². The Morgan fingerprint density at radius 3 is 1.42 bits per heavy atom. The highest BCUT2D eigenvalue weighted by atomic mass is 14.2. The average Bonchev–Trinajstić information content (AvgIpc) is 2.85. The van der Waals surface area contributed by atoms with Crippen LogP contribution in [0.2, 0.25) is 0 Å². The van der Waals surface area contributed by atoms with Crippen LogP contribution in [0.3, 0.4) is 0 Å². The molecule has 0 amide bonds. The molecule has 5 aromatic carbocycles. The monoisotopic (exact) mass is 393 g/mol. The maximum atomic E-state index is 2.33. The van der Waals surface area contributed by atoms with E-state index in [9.17, 15) is 0 Å². The Kier molecular flexibility index (Phi) is 4.28. The molecule has 31 heavy (non-hydrogen) atoms. The minimum atomic E-state index is 1.25. The second-order valence-corrected chi connectivity index (χ2v) is 8.07. The van der Waals surface area contributed by atoms with Gasteiger partial charge in [-0.3, -0.25) is 0 Å². The Labute approximate surface area is 183 Å². The number of hydrogen-bond donors (Lipinski definition) is 0. The van der Waals surface area contributed by atoms with Crippen molar-refractivity contribution in [1.82, 2.24) is 0 Å². The van der Waals surface area contributed by atoms with Gasteiger partial charge in [-0.2, -0.15) is 0 Å². The smallest absolute Gasteiger partial charge is 0.0212 e. The first-order chi connectivity index (χ1) is 15.3. The van der Waals surface area contributed by atoms with Crippen molar-refractivity contribution in [3.05, 3.63) is 138 Å². The van der Waals surface area contributed by atoms with Gasteiger partial charge in [0.05, 0.1) is 0 Å². The molecule has 0 bridgehead atoms. The second-order valence-electron chi connectivity index (χ2n) is 8.07. The Morgan fingerprint density at radius 1 is 0.387 bits per heavy atom. The molecule has 1 aliphatic carbocycles. The van der Waals surface area contributed by atoms with Gasteiger partial charge < -0.3 is 0 Å². The van der Waals surface area contributed by atoms with Crippen LogP contribution in [0.15, 0.2) is 115 Å². The fourth-order valence-electron chi connectivity index (χ4n) is 4.58. The van der Waals surface area contributed by atoms with E-state index in [-0.39, 0.29) is 0 Å². The molecule has 0 unspecified atom stereocenters. The van der Waals surface area contributed by atoms with Crippen LogP contribution in [-0.2, 0) is 0 Å². The van der Waals surface area contributed by atoms with Crippen molar-refractivity contribution in [2.75, 3.05) is 0 Å². The van der Waals surface area contributed by atoms with Crippen LogP contribution < -0.4 is 0 Å². The maximum Gasteiger partial charge on any atom is 0.0212 e. The first-order valence-electron chi connectivity index (χ1n) is 10.7. The summed E-state index contributed by atoms with van der Waals surface area (Å²) in [4.78, 5) is 0. The van der Waals surface area contributed by atoms with E-state index < -0.39 is 0 Å². The third-order valence-corrected chi connectivity index (χ3v) is 6.05. The van der Waals surface area contributed by atoms with Crippen LogP contribution in [0.1, 0.15) is 16.7 Å². The molecule has 0 N–H and O–H groups in total. The summed E-state index contributed by atoms with van der Waals surface area (Å²) in [6, 6.07) is 41.3. The quantitative estimate of drug-likeness (QED) is 0.289. The second kappa shape index (κ2) is 7.41. The third-order valence-electron chi connectivity index (χ3n) is 6.05. The Hall–Kier alpha value is -3.90. The molecule has 1 aliphatic rings. The molecule has 0 aliphatic heterocycles. The lowest BCUT2D eigenvalue weighted by Crippen LogP contribution is -1.99. The van der Waals surface area contributed by atoms with Gasteiger partial charge in [0.15, 0.2) is 0 Å². The van der Waals surface area contributed by atoms with E-state index in [0.717, 1.165) is 0 Å². The summed E-state index contributed by atoms with van der Waals surface area (Å²) in [5.74, 6) is 0. The number of allylic oxidation sites excluding steroid dienone is 1. The van der Waals surface area contributed by atoms with E-state index in [1.165, 1.54) is 55.3 Å². The predicted molar refractivity (Wildman–Crippen MR) is 133 cm³/mol. The van der Waals surface area contributed by atoms with Crippen LogP contribution in [0.5, 0.6) is 0 Å². The van der Waals surface area contributed by atoms with Crippen LogP contribution in [-0.4, -0.2) is 0 Å². The zero-order chi connectivity index (χ0) is 20.6. The number of rotatable bonds is 3. The highest BCUT2D eigenvalue weighted by Crippen LogP contribution is 2.41. The fourth-order valence-corrected chi connectivity index (χ4v) is 4.58. The van der Waals surface area contributed by atoms with E-state index in [0.29, 0.717) is 0 Å². The first kappa shape index (κ1) is 17.9. The molecule has 0 atom stereocenters. The molecule has 0 saturated carbocycles. The predicted octanol–water partition coefficient (Wildman–Crippen LogP) is 8.28. The van der Waals surface area contributed by atoms with Gasteiger partial charge in [0.1, 0.15) is 0 Å². The molecular formula is C31H21. The Balaban J connectivity index is 1.62. The lowest BCUT2D eigenvalue weighted by molar-refractivity contribution is 1.50. The van der Waals surface area contributed by atoms with Crippen molar-refractivity contribution < 1.29 is 0 Å². The molecule has 0 spiro atoms. The third kappa shape index (κ3) is 3.27. The van der Waals surface area contributed by atoms with Crippen molar-refractivity contribution in [3.8, 4) is 22.3 Å². The van der Waals surface area contributed by atoms with Crippen molar-refractivity contribution in [2.45, 2.75) is 0 Å². The van der Waals surface area contributed by atoms with E-state index in [4.69, 9.17) is 0 Å². The van der Waals surface area contributed by atoms with E-state index >= 15 is 0 Å². The summed E-state index contributed by atoms with van der Waals surface area (Å²) in [7, 11) is 0. The minimum absolute atomic E-state index is 1.25. The molecule has 1 radical (unpaired) electrons. The van der Waals surface area contributed by atoms with Crippen LogP contribution in [0, 0.1) is 6.42 Å². The van der Waals surface area contributed by atoms with Crippen LogP contribution in [0.4, 0.5) is 0 Å². The lowest BCUT2D eigenvalue weighted by atomic mass is 9.83. The van der Waals surface area contributed by atoms with Crippen molar-refractivity contribution in [3.63, 3.8) is 0 Å². The van der Waals surface area contributed by atoms with Gasteiger partial charge in [-0.05, 0) is 85.6 Å². The van der Waals surface area contributed by atoms with Gasteiger partial charge in [0.25, 0.3) is 0 Å². The minimum Gasteiger partial charge on any atom is -0.0622 e. The summed E-state index contributed by atoms with van der Waals surface area (Å²) in [5.41, 5.74) is 10.1. The molecule has 0 fully saturated rings. The molecule has 0 saturated heterocycles. The standard InChI is InChI=1S/C31H21/c1-4-10-22(11-5-1)25-16-28-18-26(23-12-6-2-7-13-23)20-30-21-27(19-29(17-25)31(28)30)24-14-8-3-9-15-24/h1-21H. The van der Waals surface area contributed by atoms with Crippen molar-refractivity contribution in [1.29, 1.82) is 0 Å². The SMILES string of the molecule is [CH]1C(c2ccccc2)=Cc2cc(-c3ccccc3)cc3cc(-c4ccccc4)cc1c23. The van der Waals surface area contributed by atoms with Crippen molar-refractivity contribution in [2.24, 2.45) is 0 Å². The molecule has 0 nitrogen and oxygen atoms in total. The van der Waals surface area contributed by atoms with Crippen LogP contribution in [0.25, 0.3) is 44.7 Å².